The maximum atomic E-state index is 11.8. The van der Waals surface area contributed by atoms with Gasteiger partial charge < -0.3 is 5.32 Å². The normalized spacial score (nSPS) is 10.0. The van der Waals surface area contributed by atoms with E-state index in [2.05, 4.69) is 5.32 Å². The lowest BCUT2D eigenvalue weighted by molar-refractivity contribution is 0.481. The van der Waals surface area contributed by atoms with Gasteiger partial charge in [-0.3, -0.25) is 4.39 Å². The minimum atomic E-state index is -0.276. The van der Waals surface area contributed by atoms with E-state index in [1.165, 1.54) is 0 Å². The van der Waals surface area contributed by atoms with E-state index in [0.29, 0.717) is 18.8 Å². The van der Waals surface area contributed by atoms with Gasteiger partial charge in [-0.25, -0.2) is 0 Å². The van der Waals surface area contributed by atoms with Gasteiger partial charge in [0.15, 0.2) is 0 Å². The molecule has 1 N–H and O–H groups in total. The van der Waals surface area contributed by atoms with E-state index in [1.54, 1.807) is 0 Å². The minimum absolute atomic E-state index is 0.276. The SMILES string of the molecule is FCCCNc1cccc(CCl)c1. The first kappa shape index (κ1) is 10.3. The molecule has 0 aliphatic rings. The molecule has 0 aliphatic heterocycles. The van der Waals surface area contributed by atoms with Crippen molar-refractivity contribution in [1.82, 2.24) is 0 Å². The molecule has 0 bridgehead atoms. The lowest BCUT2D eigenvalue weighted by Crippen LogP contribution is -2.02. The Morgan fingerprint density at radius 3 is 2.92 bits per heavy atom. The lowest BCUT2D eigenvalue weighted by Gasteiger charge is -2.05. The molecule has 1 rings (SSSR count). The van der Waals surface area contributed by atoms with Crippen molar-refractivity contribution in [1.29, 1.82) is 0 Å². The van der Waals surface area contributed by atoms with Crippen molar-refractivity contribution in [3.63, 3.8) is 0 Å². The first-order valence-electron chi connectivity index (χ1n) is 4.31. The molecule has 13 heavy (non-hydrogen) atoms. The molecule has 0 unspecified atom stereocenters. The number of nitrogens with one attached hydrogen (secondary N) is 1. The third-order valence-corrected chi connectivity index (χ3v) is 2.03. The maximum absolute atomic E-state index is 11.8. The van der Waals surface area contributed by atoms with Crippen molar-refractivity contribution in [2.75, 3.05) is 18.5 Å². The molecule has 3 heteroatoms. The summed E-state index contributed by atoms with van der Waals surface area (Å²) in [5.41, 5.74) is 2.08. The predicted octanol–water partition coefficient (Wildman–Crippen LogP) is 3.20. The third-order valence-electron chi connectivity index (χ3n) is 1.72. The smallest absolute Gasteiger partial charge is 0.0911 e. The molecular weight excluding hydrogens is 189 g/mol. The summed E-state index contributed by atoms with van der Waals surface area (Å²) in [7, 11) is 0. The van der Waals surface area contributed by atoms with E-state index in [9.17, 15) is 4.39 Å². The number of hydrogen-bond donors (Lipinski definition) is 1. The van der Waals surface area contributed by atoms with Gasteiger partial charge >= 0.3 is 0 Å². The van der Waals surface area contributed by atoms with E-state index in [0.717, 1.165) is 11.3 Å². The predicted molar refractivity (Wildman–Crippen MR) is 55.1 cm³/mol. The second-order valence-electron chi connectivity index (χ2n) is 2.80. The van der Waals surface area contributed by atoms with Gasteiger partial charge in [0.1, 0.15) is 0 Å². The molecule has 1 aromatic carbocycles. The number of benzene rings is 1. The van der Waals surface area contributed by atoms with E-state index in [4.69, 9.17) is 11.6 Å². The third kappa shape index (κ3) is 3.64. The molecule has 1 nitrogen and oxygen atoms in total. The summed E-state index contributed by atoms with van der Waals surface area (Å²) in [4.78, 5) is 0. The fraction of sp³-hybridized carbons (Fsp3) is 0.400. The second kappa shape index (κ2) is 5.81. The summed E-state index contributed by atoms with van der Waals surface area (Å²) in [6.07, 6.45) is 0.547. The van der Waals surface area contributed by atoms with Crippen LogP contribution < -0.4 is 5.32 Å². The van der Waals surface area contributed by atoms with Crippen molar-refractivity contribution in [2.24, 2.45) is 0 Å². The van der Waals surface area contributed by atoms with E-state index in [1.807, 2.05) is 24.3 Å². The molecule has 0 atom stereocenters. The quantitative estimate of drug-likeness (QED) is 0.570. The molecule has 72 valence electrons. The number of rotatable bonds is 5. The Balaban J connectivity index is 2.46. The summed E-state index contributed by atoms with van der Waals surface area (Å²) in [5, 5.41) is 3.12. The van der Waals surface area contributed by atoms with E-state index < -0.39 is 0 Å². The number of hydrogen-bond acceptors (Lipinski definition) is 1. The Kier molecular flexibility index (Phi) is 4.61. The zero-order valence-electron chi connectivity index (χ0n) is 7.39. The maximum Gasteiger partial charge on any atom is 0.0911 e. The summed E-state index contributed by atoms with van der Waals surface area (Å²) < 4.78 is 11.8. The van der Waals surface area contributed by atoms with E-state index in [-0.39, 0.29) is 6.67 Å². The van der Waals surface area contributed by atoms with Crippen LogP contribution in [-0.4, -0.2) is 13.2 Å². The first-order chi connectivity index (χ1) is 6.36. The van der Waals surface area contributed by atoms with Crippen molar-refractivity contribution in [2.45, 2.75) is 12.3 Å². The van der Waals surface area contributed by atoms with Crippen LogP contribution >= 0.6 is 11.6 Å². The van der Waals surface area contributed by atoms with Crippen LogP contribution in [0.25, 0.3) is 0 Å². The molecule has 1 aromatic rings. The van der Waals surface area contributed by atoms with Crippen molar-refractivity contribution in [3.8, 4) is 0 Å². The Morgan fingerprint density at radius 1 is 1.38 bits per heavy atom. The topological polar surface area (TPSA) is 12.0 Å². The lowest BCUT2D eigenvalue weighted by atomic mass is 10.2. The van der Waals surface area contributed by atoms with Gasteiger partial charge in [0.2, 0.25) is 0 Å². The van der Waals surface area contributed by atoms with Crippen molar-refractivity contribution < 1.29 is 4.39 Å². The van der Waals surface area contributed by atoms with Gasteiger partial charge in [0.05, 0.1) is 6.67 Å². The van der Waals surface area contributed by atoms with Crippen LogP contribution in [0.2, 0.25) is 0 Å². The van der Waals surface area contributed by atoms with Crippen LogP contribution in [-0.2, 0) is 5.88 Å². The molecule has 0 aliphatic carbocycles. The monoisotopic (exact) mass is 201 g/mol. The van der Waals surface area contributed by atoms with Gasteiger partial charge in [-0.1, -0.05) is 12.1 Å². The van der Waals surface area contributed by atoms with Crippen molar-refractivity contribution in [3.05, 3.63) is 29.8 Å². The molecule has 0 spiro atoms. The fourth-order valence-electron chi connectivity index (χ4n) is 1.06. The first-order valence-corrected chi connectivity index (χ1v) is 4.85. The fourth-order valence-corrected chi connectivity index (χ4v) is 1.23. The average Bonchev–Trinajstić information content (AvgIpc) is 2.19. The molecule has 0 radical (unpaired) electrons. The highest BCUT2D eigenvalue weighted by molar-refractivity contribution is 6.17. The van der Waals surface area contributed by atoms with Crippen LogP contribution in [0, 0.1) is 0 Å². The van der Waals surface area contributed by atoms with Gasteiger partial charge in [-0.05, 0) is 24.1 Å². The minimum Gasteiger partial charge on any atom is -0.385 e. The van der Waals surface area contributed by atoms with Crippen molar-refractivity contribution >= 4 is 17.3 Å². The Hall–Kier alpha value is -0.760. The Labute approximate surface area is 82.9 Å². The van der Waals surface area contributed by atoms with Gasteiger partial charge in [-0.2, -0.15) is 0 Å². The zero-order chi connectivity index (χ0) is 9.52. The standard InChI is InChI=1S/C10H13ClFN/c11-8-9-3-1-4-10(7-9)13-6-2-5-12/h1,3-4,7,13H,2,5-6,8H2. The van der Waals surface area contributed by atoms with Crippen LogP contribution in [0.15, 0.2) is 24.3 Å². The zero-order valence-corrected chi connectivity index (χ0v) is 8.15. The Bertz CT molecular complexity index is 252. The Morgan fingerprint density at radius 2 is 2.23 bits per heavy atom. The molecular formula is C10H13ClFN. The molecule has 0 heterocycles. The number of anilines is 1. The van der Waals surface area contributed by atoms with Crippen LogP contribution in [0.5, 0.6) is 0 Å². The molecule has 0 aromatic heterocycles. The molecule has 0 fully saturated rings. The average molecular weight is 202 g/mol. The summed E-state index contributed by atoms with van der Waals surface area (Å²) in [6.45, 7) is 0.393. The van der Waals surface area contributed by atoms with Gasteiger partial charge in [0.25, 0.3) is 0 Å². The summed E-state index contributed by atoms with van der Waals surface area (Å²) >= 11 is 5.67. The summed E-state index contributed by atoms with van der Waals surface area (Å²) in [6, 6.07) is 7.84. The van der Waals surface area contributed by atoms with Gasteiger partial charge in [-0.15, -0.1) is 11.6 Å². The van der Waals surface area contributed by atoms with E-state index >= 15 is 0 Å². The molecule has 0 amide bonds. The highest BCUT2D eigenvalue weighted by atomic mass is 35.5. The number of halogens is 2. The largest absolute Gasteiger partial charge is 0.385 e. The van der Waals surface area contributed by atoms with Crippen LogP contribution in [0.4, 0.5) is 10.1 Å². The number of alkyl halides is 2. The van der Waals surface area contributed by atoms with Crippen LogP contribution in [0.1, 0.15) is 12.0 Å². The molecule has 0 saturated carbocycles. The van der Waals surface area contributed by atoms with Crippen LogP contribution in [0.3, 0.4) is 0 Å². The highest BCUT2D eigenvalue weighted by Gasteiger charge is 1.93. The molecule has 0 saturated heterocycles. The second-order valence-corrected chi connectivity index (χ2v) is 3.07. The summed E-state index contributed by atoms with van der Waals surface area (Å²) in [5.74, 6) is 0.513. The van der Waals surface area contributed by atoms with Gasteiger partial charge in [0, 0.05) is 18.1 Å². The highest BCUT2D eigenvalue weighted by Crippen LogP contribution is 2.12.